The van der Waals surface area contributed by atoms with Gasteiger partial charge in [-0.05, 0) is 43.9 Å². The lowest BCUT2D eigenvalue weighted by Crippen LogP contribution is -2.35. The third kappa shape index (κ3) is 6.63. The van der Waals surface area contributed by atoms with E-state index in [9.17, 15) is 5.11 Å². The minimum atomic E-state index is 0.0317. The van der Waals surface area contributed by atoms with Crippen molar-refractivity contribution in [1.29, 1.82) is 0 Å². The Kier molecular flexibility index (Phi) is 9.32. The van der Waals surface area contributed by atoms with Crippen LogP contribution in [0, 0.1) is 0 Å². The van der Waals surface area contributed by atoms with Crippen LogP contribution in [0.5, 0.6) is 5.75 Å². The van der Waals surface area contributed by atoms with Gasteiger partial charge in [0.15, 0.2) is 11.3 Å². The number of methoxy groups -OCH3 is 1. The van der Waals surface area contributed by atoms with Crippen molar-refractivity contribution in [3.8, 4) is 5.75 Å². The number of anilines is 2. The fraction of sp³-hybridized carbons (Fsp3) is 0.577. The minimum Gasteiger partial charge on any atom is -0.496 e. The molecule has 0 atom stereocenters. The highest BCUT2D eigenvalue weighted by atomic mass is 16.5. The van der Waals surface area contributed by atoms with Crippen molar-refractivity contribution >= 4 is 22.8 Å². The molecular formula is C26H39N7O3. The Morgan fingerprint density at radius 2 is 2.08 bits per heavy atom. The van der Waals surface area contributed by atoms with Crippen molar-refractivity contribution < 1.29 is 14.6 Å². The summed E-state index contributed by atoms with van der Waals surface area (Å²) in [7, 11) is 1.70. The number of aliphatic hydroxyl groups excluding tert-OH is 1. The number of benzene rings is 1. The van der Waals surface area contributed by atoms with Gasteiger partial charge in [0.2, 0.25) is 5.95 Å². The van der Waals surface area contributed by atoms with Crippen molar-refractivity contribution in [3.63, 3.8) is 0 Å². The predicted octanol–water partition coefficient (Wildman–Crippen LogP) is 2.38. The Hall–Kier alpha value is -2.95. The lowest BCUT2D eigenvalue weighted by atomic mass is 10.1. The highest BCUT2D eigenvalue weighted by Crippen LogP contribution is 2.26. The smallest absolute Gasteiger partial charge is 0.222 e. The molecule has 1 aromatic carbocycles. The van der Waals surface area contributed by atoms with Crippen LogP contribution >= 0.6 is 0 Å². The van der Waals surface area contributed by atoms with Crippen molar-refractivity contribution in [2.75, 3.05) is 57.2 Å². The molecular weight excluding hydrogens is 458 g/mol. The van der Waals surface area contributed by atoms with Crippen LogP contribution in [0.3, 0.4) is 0 Å². The first kappa shape index (κ1) is 26.1. The zero-order valence-corrected chi connectivity index (χ0v) is 21.4. The Balaban J connectivity index is 1.49. The van der Waals surface area contributed by atoms with E-state index in [1.54, 1.807) is 7.11 Å². The molecule has 1 aliphatic rings. The number of unbranched alkanes of at least 4 members (excludes halogenated alkanes) is 1. The number of hydrogen-bond donors (Lipinski definition) is 3. The van der Waals surface area contributed by atoms with Crippen molar-refractivity contribution in [2.24, 2.45) is 0 Å². The second kappa shape index (κ2) is 12.8. The summed E-state index contributed by atoms with van der Waals surface area (Å²) >= 11 is 0. The highest BCUT2D eigenvalue weighted by molar-refractivity contribution is 5.86. The van der Waals surface area contributed by atoms with E-state index in [4.69, 9.17) is 20.3 Å². The largest absolute Gasteiger partial charge is 0.496 e. The number of rotatable bonds is 13. The van der Waals surface area contributed by atoms with Gasteiger partial charge in [-0.25, -0.2) is 4.98 Å². The molecule has 0 spiro atoms. The molecule has 10 nitrogen and oxygen atoms in total. The molecule has 0 bridgehead atoms. The van der Waals surface area contributed by atoms with Gasteiger partial charge in [-0.2, -0.15) is 10.1 Å². The molecule has 0 saturated carbocycles. The second-order valence-corrected chi connectivity index (χ2v) is 9.27. The predicted molar refractivity (Wildman–Crippen MR) is 142 cm³/mol. The van der Waals surface area contributed by atoms with Gasteiger partial charge in [0.05, 0.1) is 26.5 Å². The van der Waals surface area contributed by atoms with Gasteiger partial charge in [0.25, 0.3) is 0 Å². The van der Waals surface area contributed by atoms with Crippen LogP contribution in [0.4, 0.5) is 11.8 Å². The zero-order valence-electron chi connectivity index (χ0n) is 21.4. The van der Waals surface area contributed by atoms with Crippen LogP contribution in [0.2, 0.25) is 0 Å². The number of fused-ring (bicyclic) bond motifs is 1. The SMILES string of the molecule is CCCCN(CCO)c1nc(N)nc2cn(Cc3ccc(CCNC4CCOCC4)cc3OC)nc12. The molecule has 0 amide bonds. The van der Waals surface area contributed by atoms with E-state index in [0.29, 0.717) is 36.0 Å². The molecule has 2 aromatic heterocycles. The average molecular weight is 498 g/mol. The van der Waals surface area contributed by atoms with Crippen LogP contribution in [0.1, 0.15) is 43.7 Å². The van der Waals surface area contributed by atoms with Crippen LogP contribution in [0.15, 0.2) is 24.4 Å². The standard InChI is InChI=1S/C26H39N7O3/c1-3-4-11-32(12-13-34)25-24-22(29-26(27)30-25)18-33(31-24)17-20-6-5-19(16-23(20)35-2)7-10-28-21-8-14-36-15-9-21/h5-6,16,18,21,28,34H,3-4,7-15,17H2,1-2H3,(H2,27,29). The number of hydrogen-bond acceptors (Lipinski definition) is 9. The van der Waals surface area contributed by atoms with E-state index in [0.717, 1.165) is 69.7 Å². The lowest BCUT2D eigenvalue weighted by molar-refractivity contribution is 0.0782. The summed E-state index contributed by atoms with van der Waals surface area (Å²) in [5.41, 5.74) is 9.66. The molecule has 4 N–H and O–H groups in total. The van der Waals surface area contributed by atoms with Gasteiger partial charge in [0.1, 0.15) is 11.3 Å². The van der Waals surface area contributed by atoms with Crippen LogP contribution < -0.4 is 20.7 Å². The summed E-state index contributed by atoms with van der Waals surface area (Å²) in [4.78, 5) is 10.9. The highest BCUT2D eigenvalue weighted by Gasteiger charge is 2.18. The van der Waals surface area contributed by atoms with Crippen LogP contribution in [-0.4, -0.2) is 77.5 Å². The monoisotopic (exact) mass is 497 g/mol. The molecule has 10 heteroatoms. The lowest BCUT2D eigenvalue weighted by Gasteiger charge is -2.23. The number of nitrogens with two attached hydrogens (primary N) is 1. The van der Waals surface area contributed by atoms with Crippen molar-refractivity contribution in [2.45, 2.75) is 51.6 Å². The topological polar surface area (TPSA) is 124 Å². The van der Waals surface area contributed by atoms with E-state index in [-0.39, 0.29) is 12.6 Å². The molecule has 3 heterocycles. The van der Waals surface area contributed by atoms with Gasteiger partial charge in [-0.1, -0.05) is 25.5 Å². The van der Waals surface area contributed by atoms with Crippen molar-refractivity contribution in [3.05, 3.63) is 35.5 Å². The summed E-state index contributed by atoms with van der Waals surface area (Å²) in [6.45, 7) is 6.57. The summed E-state index contributed by atoms with van der Waals surface area (Å²) in [6.07, 6.45) is 7.01. The molecule has 3 aromatic rings. The van der Waals surface area contributed by atoms with E-state index in [2.05, 4.69) is 40.4 Å². The third-order valence-electron chi connectivity index (χ3n) is 6.61. The fourth-order valence-electron chi connectivity index (χ4n) is 4.63. The molecule has 1 aliphatic heterocycles. The maximum Gasteiger partial charge on any atom is 0.222 e. The summed E-state index contributed by atoms with van der Waals surface area (Å²) in [5, 5.41) is 18.0. The molecule has 0 radical (unpaired) electrons. The molecule has 1 fully saturated rings. The average Bonchev–Trinajstić information content (AvgIpc) is 3.29. The summed E-state index contributed by atoms with van der Waals surface area (Å²) < 4.78 is 13.0. The quantitative estimate of drug-likeness (QED) is 0.326. The number of aliphatic hydroxyl groups is 1. The molecule has 0 unspecified atom stereocenters. The van der Waals surface area contributed by atoms with Gasteiger partial charge in [-0.3, -0.25) is 4.68 Å². The number of nitrogens with one attached hydrogen (secondary N) is 1. The van der Waals surface area contributed by atoms with Gasteiger partial charge in [0, 0.05) is 37.9 Å². The number of nitrogens with zero attached hydrogens (tertiary/aromatic N) is 5. The van der Waals surface area contributed by atoms with E-state index < -0.39 is 0 Å². The van der Waals surface area contributed by atoms with Gasteiger partial charge in [-0.15, -0.1) is 0 Å². The third-order valence-corrected chi connectivity index (χ3v) is 6.61. The minimum absolute atomic E-state index is 0.0317. The first-order valence-electron chi connectivity index (χ1n) is 12.9. The first-order valence-corrected chi connectivity index (χ1v) is 12.9. The Bertz CT molecular complexity index is 1110. The number of nitrogen functional groups attached to an aromatic ring is 1. The second-order valence-electron chi connectivity index (χ2n) is 9.27. The van der Waals surface area contributed by atoms with Crippen LogP contribution in [-0.2, 0) is 17.7 Å². The molecule has 0 aliphatic carbocycles. The molecule has 1 saturated heterocycles. The zero-order chi connectivity index (χ0) is 25.3. The summed E-state index contributed by atoms with van der Waals surface area (Å²) in [5.74, 6) is 1.71. The Morgan fingerprint density at radius 1 is 1.25 bits per heavy atom. The normalized spacial score (nSPS) is 14.4. The number of ether oxygens (including phenoxy) is 2. The molecule has 196 valence electrons. The van der Waals surface area contributed by atoms with E-state index >= 15 is 0 Å². The number of aromatic nitrogens is 4. The van der Waals surface area contributed by atoms with E-state index in [1.807, 2.05) is 15.8 Å². The molecule has 4 rings (SSSR count). The van der Waals surface area contributed by atoms with Crippen molar-refractivity contribution in [1.82, 2.24) is 25.1 Å². The fourth-order valence-corrected chi connectivity index (χ4v) is 4.63. The Morgan fingerprint density at radius 3 is 2.83 bits per heavy atom. The van der Waals surface area contributed by atoms with Gasteiger partial charge >= 0.3 is 0 Å². The molecule has 36 heavy (non-hydrogen) atoms. The Labute approximate surface area is 212 Å². The van der Waals surface area contributed by atoms with Crippen LogP contribution in [0.25, 0.3) is 11.0 Å². The first-order chi connectivity index (χ1) is 17.6. The van der Waals surface area contributed by atoms with E-state index in [1.165, 1.54) is 5.56 Å². The maximum absolute atomic E-state index is 9.57. The maximum atomic E-state index is 9.57. The van der Waals surface area contributed by atoms with Gasteiger partial charge < -0.3 is 30.5 Å². The summed E-state index contributed by atoms with van der Waals surface area (Å²) in [6, 6.07) is 6.92.